The number of rotatable bonds is 9. The lowest BCUT2D eigenvalue weighted by Crippen LogP contribution is -2.35. The molecule has 2 rings (SSSR count). The van der Waals surface area contributed by atoms with Gasteiger partial charge in [0.1, 0.15) is 11.5 Å². The summed E-state index contributed by atoms with van der Waals surface area (Å²) in [5.41, 5.74) is 1.11. The molecule has 2 N–H and O–H groups in total. The van der Waals surface area contributed by atoms with E-state index in [-0.39, 0.29) is 24.3 Å². The van der Waals surface area contributed by atoms with Crippen molar-refractivity contribution in [2.75, 3.05) is 18.5 Å². The summed E-state index contributed by atoms with van der Waals surface area (Å²) in [5.74, 6) is 0.812. The van der Waals surface area contributed by atoms with E-state index in [9.17, 15) is 9.59 Å². The first-order chi connectivity index (χ1) is 13.0. The molecule has 1 atom stereocenters. The van der Waals surface area contributed by atoms with Crippen LogP contribution >= 0.6 is 0 Å². The second-order valence-electron chi connectivity index (χ2n) is 6.02. The molecule has 6 heteroatoms. The van der Waals surface area contributed by atoms with Crippen LogP contribution < -0.4 is 20.1 Å². The fourth-order valence-electron chi connectivity index (χ4n) is 2.57. The lowest BCUT2D eigenvalue weighted by Gasteiger charge is -2.16. The van der Waals surface area contributed by atoms with Gasteiger partial charge in [-0.3, -0.25) is 9.59 Å². The minimum absolute atomic E-state index is 0.142. The van der Waals surface area contributed by atoms with Crippen molar-refractivity contribution >= 4 is 17.5 Å². The number of anilines is 1. The van der Waals surface area contributed by atoms with Gasteiger partial charge in [-0.05, 0) is 45.0 Å². The van der Waals surface area contributed by atoms with Gasteiger partial charge in [-0.2, -0.15) is 0 Å². The quantitative estimate of drug-likeness (QED) is 0.707. The van der Waals surface area contributed by atoms with Crippen LogP contribution in [-0.2, 0) is 4.79 Å². The molecule has 6 nitrogen and oxygen atoms in total. The lowest BCUT2D eigenvalue weighted by molar-refractivity contribution is -0.116. The second-order valence-corrected chi connectivity index (χ2v) is 6.02. The normalized spacial score (nSPS) is 11.4. The van der Waals surface area contributed by atoms with Gasteiger partial charge in [-0.15, -0.1) is 0 Å². The van der Waals surface area contributed by atoms with E-state index in [2.05, 4.69) is 10.6 Å². The van der Waals surface area contributed by atoms with Crippen LogP contribution in [-0.4, -0.2) is 31.1 Å². The maximum Gasteiger partial charge on any atom is 0.251 e. The lowest BCUT2D eigenvalue weighted by atomic mass is 10.1. The third kappa shape index (κ3) is 6.33. The summed E-state index contributed by atoms with van der Waals surface area (Å²) in [6, 6.07) is 13.9. The van der Waals surface area contributed by atoms with E-state index in [0.717, 1.165) is 0 Å². The largest absolute Gasteiger partial charge is 0.494 e. The van der Waals surface area contributed by atoms with Gasteiger partial charge in [-0.1, -0.05) is 18.2 Å². The van der Waals surface area contributed by atoms with Gasteiger partial charge in [0.15, 0.2) is 0 Å². The second kappa shape index (κ2) is 10.2. The Morgan fingerprint density at radius 2 is 1.70 bits per heavy atom. The Morgan fingerprint density at radius 3 is 2.37 bits per heavy atom. The van der Waals surface area contributed by atoms with Crippen molar-refractivity contribution in [1.82, 2.24) is 5.32 Å². The third-order valence-electron chi connectivity index (χ3n) is 3.74. The first kappa shape index (κ1) is 20.3. The molecular weight excluding hydrogens is 344 g/mol. The molecule has 0 aliphatic heterocycles. The summed E-state index contributed by atoms with van der Waals surface area (Å²) < 4.78 is 11.0. The number of nitrogens with one attached hydrogen (secondary N) is 2. The summed E-state index contributed by atoms with van der Waals surface area (Å²) in [6.45, 7) is 6.58. The fraction of sp³-hybridized carbons (Fsp3) is 0.333. The average molecular weight is 370 g/mol. The Hall–Kier alpha value is -3.02. The van der Waals surface area contributed by atoms with Crippen LogP contribution in [0.5, 0.6) is 11.5 Å². The van der Waals surface area contributed by atoms with Crippen molar-refractivity contribution in [1.29, 1.82) is 0 Å². The molecule has 0 fully saturated rings. The number of benzene rings is 2. The highest BCUT2D eigenvalue weighted by Crippen LogP contribution is 2.29. The standard InChI is InChI=1S/C21H26N2O4/c1-4-26-17-11-12-19(27-5-2)18(14-17)23-20(24)13-15(3)22-21(25)16-9-7-6-8-10-16/h6-12,14-15H,4-5,13H2,1-3H3,(H,22,25)(H,23,24). The number of hydrogen-bond acceptors (Lipinski definition) is 4. The van der Waals surface area contributed by atoms with Crippen LogP contribution in [0, 0.1) is 0 Å². The molecule has 0 radical (unpaired) electrons. The molecule has 0 aromatic heterocycles. The van der Waals surface area contributed by atoms with Gasteiger partial charge in [0.25, 0.3) is 5.91 Å². The molecule has 0 heterocycles. The summed E-state index contributed by atoms with van der Waals surface area (Å²) in [6.07, 6.45) is 0.142. The molecule has 27 heavy (non-hydrogen) atoms. The summed E-state index contributed by atoms with van der Waals surface area (Å²) in [7, 11) is 0. The molecule has 0 spiro atoms. The molecule has 1 unspecified atom stereocenters. The van der Waals surface area contributed by atoms with Crippen molar-refractivity contribution in [3.05, 3.63) is 54.1 Å². The minimum Gasteiger partial charge on any atom is -0.494 e. The first-order valence-electron chi connectivity index (χ1n) is 9.08. The van der Waals surface area contributed by atoms with Crippen molar-refractivity contribution in [3.63, 3.8) is 0 Å². The summed E-state index contributed by atoms with van der Waals surface area (Å²) >= 11 is 0. The SMILES string of the molecule is CCOc1ccc(OCC)c(NC(=O)CC(C)NC(=O)c2ccccc2)c1. The van der Waals surface area contributed by atoms with E-state index in [1.807, 2.05) is 19.9 Å². The Morgan fingerprint density at radius 1 is 1.00 bits per heavy atom. The van der Waals surface area contributed by atoms with Gasteiger partial charge in [0.2, 0.25) is 5.91 Å². The predicted octanol–water partition coefficient (Wildman–Crippen LogP) is 3.63. The van der Waals surface area contributed by atoms with Crippen molar-refractivity contribution in [2.45, 2.75) is 33.2 Å². The highest BCUT2D eigenvalue weighted by molar-refractivity contribution is 5.96. The van der Waals surface area contributed by atoms with Gasteiger partial charge < -0.3 is 20.1 Å². The summed E-state index contributed by atoms with van der Waals surface area (Å²) in [5, 5.41) is 5.67. The van der Waals surface area contributed by atoms with Gasteiger partial charge in [0.05, 0.1) is 18.9 Å². The monoisotopic (exact) mass is 370 g/mol. The smallest absolute Gasteiger partial charge is 0.251 e. The zero-order valence-corrected chi connectivity index (χ0v) is 16.0. The van der Waals surface area contributed by atoms with E-state index in [1.165, 1.54) is 0 Å². The third-order valence-corrected chi connectivity index (χ3v) is 3.74. The van der Waals surface area contributed by atoms with E-state index >= 15 is 0 Å². The Labute approximate surface area is 159 Å². The van der Waals surface area contributed by atoms with Crippen molar-refractivity contribution in [2.24, 2.45) is 0 Å². The Balaban J connectivity index is 1.97. The molecule has 2 aromatic carbocycles. The molecule has 2 aromatic rings. The topological polar surface area (TPSA) is 76.7 Å². The van der Waals surface area contributed by atoms with Crippen molar-refractivity contribution < 1.29 is 19.1 Å². The van der Waals surface area contributed by atoms with Crippen LogP contribution in [0.1, 0.15) is 37.6 Å². The zero-order chi connectivity index (χ0) is 19.6. The number of carbonyl (C=O) groups is 2. The predicted molar refractivity (Wildman–Crippen MR) is 105 cm³/mol. The number of hydrogen-bond donors (Lipinski definition) is 2. The maximum atomic E-state index is 12.4. The van der Waals surface area contributed by atoms with Gasteiger partial charge in [-0.25, -0.2) is 0 Å². The highest BCUT2D eigenvalue weighted by Gasteiger charge is 2.15. The fourth-order valence-corrected chi connectivity index (χ4v) is 2.57. The minimum atomic E-state index is -0.316. The van der Waals surface area contributed by atoms with Crippen LogP contribution in [0.3, 0.4) is 0 Å². The van der Waals surface area contributed by atoms with Gasteiger partial charge >= 0.3 is 0 Å². The van der Waals surface area contributed by atoms with Crippen LogP contribution in [0.2, 0.25) is 0 Å². The molecule has 2 amide bonds. The number of amides is 2. The molecule has 0 bridgehead atoms. The van der Waals surface area contributed by atoms with E-state index in [1.54, 1.807) is 49.4 Å². The number of carbonyl (C=O) groups excluding carboxylic acids is 2. The maximum absolute atomic E-state index is 12.4. The summed E-state index contributed by atoms with van der Waals surface area (Å²) in [4.78, 5) is 24.6. The molecule has 0 aliphatic carbocycles. The Kier molecular flexibility index (Phi) is 7.67. The first-order valence-corrected chi connectivity index (χ1v) is 9.08. The molecule has 0 saturated heterocycles. The zero-order valence-electron chi connectivity index (χ0n) is 16.0. The average Bonchev–Trinajstić information content (AvgIpc) is 2.64. The van der Waals surface area contributed by atoms with E-state index in [0.29, 0.717) is 36.0 Å². The van der Waals surface area contributed by atoms with Crippen LogP contribution in [0.25, 0.3) is 0 Å². The van der Waals surface area contributed by atoms with Gasteiger partial charge in [0, 0.05) is 24.1 Å². The van der Waals surface area contributed by atoms with Crippen molar-refractivity contribution in [3.8, 4) is 11.5 Å². The van der Waals surface area contributed by atoms with Crippen LogP contribution in [0.4, 0.5) is 5.69 Å². The number of ether oxygens (including phenoxy) is 2. The molecular formula is C21H26N2O4. The van der Waals surface area contributed by atoms with Crippen LogP contribution in [0.15, 0.2) is 48.5 Å². The molecule has 0 aliphatic rings. The van der Waals surface area contributed by atoms with E-state index in [4.69, 9.17) is 9.47 Å². The highest BCUT2D eigenvalue weighted by atomic mass is 16.5. The van der Waals surface area contributed by atoms with E-state index < -0.39 is 0 Å². The molecule has 0 saturated carbocycles. The molecule has 144 valence electrons. The Bertz CT molecular complexity index is 762.